The van der Waals surface area contributed by atoms with E-state index in [4.69, 9.17) is 10.5 Å². The Morgan fingerprint density at radius 3 is 2.43 bits per heavy atom. The molecule has 0 aromatic heterocycles. The van der Waals surface area contributed by atoms with Gasteiger partial charge in [0.05, 0.1) is 0 Å². The molecule has 21 heavy (non-hydrogen) atoms. The van der Waals surface area contributed by atoms with Crippen molar-refractivity contribution in [2.75, 3.05) is 19.0 Å². The van der Waals surface area contributed by atoms with Crippen LogP contribution in [-0.2, 0) is 0 Å². The lowest BCUT2D eigenvalue weighted by molar-refractivity contribution is 0.176. The van der Waals surface area contributed by atoms with Gasteiger partial charge in [0.15, 0.2) is 0 Å². The fourth-order valence-corrected chi connectivity index (χ4v) is 2.14. The second-order valence-corrected chi connectivity index (χ2v) is 5.31. The molecule has 0 aliphatic carbocycles. The maximum absolute atomic E-state index is 14.0. The van der Waals surface area contributed by atoms with E-state index in [1.54, 1.807) is 18.2 Å². The zero-order chi connectivity index (χ0) is 15.4. The standard InChI is InChI=1S/C17H21FN2O/c1-12(19)17(15-9-4-5-10-16(15)18)21-14-8-6-7-13(11-14)20(2)3/h4-12,17H,19H2,1-3H3. The number of hydrogen-bond donors (Lipinski definition) is 1. The van der Waals surface area contributed by atoms with Crippen LogP contribution >= 0.6 is 0 Å². The van der Waals surface area contributed by atoms with E-state index >= 15 is 0 Å². The lowest BCUT2D eigenvalue weighted by Gasteiger charge is -2.24. The number of nitrogens with two attached hydrogens (primary N) is 1. The fraction of sp³-hybridized carbons (Fsp3) is 0.294. The molecule has 0 fully saturated rings. The van der Waals surface area contributed by atoms with Crippen molar-refractivity contribution in [1.82, 2.24) is 0 Å². The van der Waals surface area contributed by atoms with E-state index in [1.807, 2.05) is 50.2 Å². The zero-order valence-corrected chi connectivity index (χ0v) is 12.6. The summed E-state index contributed by atoms with van der Waals surface area (Å²) in [4.78, 5) is 1.98. The molecule has 2 unspecified atom stereocenters. The van der Waals surface area contributed by atoms with Crippen molar-refractivity contribution < 1.29 is 9.13 Å². The first-order valence-corrected chi connectivity index (χ1v) is 6.93. The van der Waals surface area contributed by atoms with Crippen LogP contribution in [0.1, 0.15) is 18.6 Å². The maximum atomic E-state index is 14.0. The number of ether oxygens (including phenoxy) is 1. The summed E-state index contributed by atoms with van der Waals surface area (Å²) in [6.07, 6.45) is -0.524. The lowest BCUT2D eigenvalue weighted by atomic mass is 10.0. The van der Waals surface area contributed by atoms with E-state index in [2.05, 4.69) is 0 Å². The number of benzene rings is 2. The number of hydrogen-bond acceptors (Lipinski definition) is 3. The number of halogens is 1. The molecule has 0 saturated carbocycles. The topological polar surface area (TPSA) is 38.5 Å². The normalized spacial score (nSPS) is 13.6. The molecular weight excluding hydrogens is 267 g/mol. The van der Waals surface area contributed by atoms with Gasteiger partial charge in [0.25, 0.3) is 0 Å². The largest absolute Gasteiger partial charge is 0.484 e. The highest BCUT2D eigenvalue weighted by Crippen LogP contribution is 2.28. The molecule has 0 heterocycles. The smallest absolute Gasteiger partial charge is 0.141 e. The predicted octanol–water partition coefficient (Wildman–Crippen LogP) is 3.36. The molecule has 2 atom stereocenters. The molecule has 2 aromatic rings. The van der Waals surface area contributed by atoms with Crippen LogP contribution in [0.4, 0.5) is 10.1 Å². The summed E-state index contributed by atoms with van der Waals surface area (Å²) < 4.78 is 19.9. The van der Waals surface area contributed by atoms with Crippen molar-refractivity contribution in [3.8, 4) is 5.75 Å². The average molecular weight is 288 g/mol. The lowest BCUT2D eigenvalue weighted by Crippen LogP contribution is -2.29. The second-order valence-electron chi connectivity index (χ2n) is 5.31. The van der Waals surface area contributed by atoms with Gasteiger partial charge in [-0.1, -0.05) is 24.3 Å². The van der Waals surface area contributed by atoms with Gasteiger partial charge in [0.2, 0.25) is 0 Å². The highest BCUT2D eigenvalue weighted by molar-refractivity contribution is 5.49. The summed E-state index contributed by atoms with van der Waals surface area (Å²) in [5, 5.41) is 0. The first kappa shape index (κ1) is 15.3. The SMILES string of the molecule is CC(N)C(Oc1cccc(N(C)C)c1)c1ccccc1F. The van der Waals surface area contributed by atoms with Crippen LogP contribution in [0.2, 0.25) is 0 Å². The van der Waals surface area contributed by atoms with Crippen LogP contribution in [0.5, 0.6) is 5.75 Å². The molecule has 0 spiro atoms. The van der Waals surface area contributed by atoms with Crippen LogP contribution in [0.15, 0.2) is 48.5 Å². The van der Waals surface area contributed by atoms with E-state index in [9.17, 15) is 4.39 Å². The Labute approximate surface area is 125 Å². The van der Waals surface area contributed by atoms with Crippen LogP contribution < -0.4 is 15.4 Å². The minimum absolute atomic E-state index is 0.302. The molecule has 112 valence electrons. The Morgan fingerprint density at radius 2 is 1.81 bits per heavy atom. The molecule has 0 bridgehead atoms. The van der Waals surface area contributed by atoms with Crippen LogP contribution in [0.25, 0.3) is 0 Å². The monoisotopic (exact) mass is 288 g/mol. The van der Waals surface area contributed by atoms with Gasteiger partial charge in [-0.2, -0.15) is 0 Å². The number of nitrogens with zero attached hydrogens (tertiary/aromatic N) is 1. The highest BCUT2D eigenvalue weighted by Gasteiger charge is 2.21. The summed E-state index contributed by atoms with van der Waals surface area (Å²) in [6, 6.07) is 13.9. The van der Waals surface area contributed by atoms with Gasteiger partial charge in [-0.05, 0) is 25.1 Å². The summed E-state index contributed by atoms with van der Waals surface area (Å²) in [5.41, 5.74) is 7.47. The summed E-state index contributed by atoms with van der Waals surface area (Å²) in [6.45, 7) is 1.81. The van der Waals surface area contributed by atoms with Gasteiger partial charge in [-0.25, -0.2) is 4.39 Å². The summed E-state index contributed by atoms with van der Waals surface area (Å²) in [7, 11) is 3.91. The van der Waals surface area contributed by atoms with Gasteiger partial charge in [-0.15, -0.1) is 0 Å². The highest BCUT2D eigenvalue weighted by atomic mass is 19.1. The number of anilines is 1. The molecule has 4 heteroatoms. The van der Waals surface area contributed by atoms with E-state index in [1.165, 1.54) is 6.07 Å². The third-order valence-electron chi connectivity index (χ3n) is 3.29. The Bertz CT molecular complexity index is 599. The summed E-state index contributed by atoms with van der Waals surface area (Å²) in [5.74, 6) is 0.371. The third kappa shape index (κ3) is 3.73. The molecule has 0 aliphatic heterocycles. The first-order chi connectivity index (χ1) is 9.99. The van der Waals surface area contributed by atoms with Crippen molar-refractivity contribution in [2.45, 2.75) is 19.1 Å². The molecule has 2 aromatic carbocycles. The van der Waals surface area contributed by atoms with Gasteiger partial charge < -0.3 is 15.4 Å². The van der Waals surface area contributed by atoms with E-state index < -0.39 is 6.10 Å². The average Bonchev–Trinajstić information content (AvgIpc) is 2.45. The Kier molecular flexibility index (Phi) is 4.81. The molecule has 0 aliphatic rings. The predicted molar refractivity (Wildman–Crippen MR) is 84.2 cm³/mol. The molecule has 2 rings (SSSR count). The van der Waals surface area contributed by atoms with Crippen molar-refractivity contribution in [3.63, 3.8) is 0 Å². The molecule has 2 N–H and O–H groups in total. The Balaban J connectivity index is 2.29. The summed E-state index contributed by atoms with van der Waals surface area (Å²) >= 11 is 0. The van der Waals surface area contributed by atoms with Gasteiger partial charge in [-0.3, -0.25) is 0 Å². The Hall–Kier alpha value is -2.07. The van der Waals surface area contributed by atoms with Gasteiger partial charge in [0.1, 0.15) is 17.7 Å². The van der Waals surface area contributed by atoms with E-state index in [0.717, 1.165) is 5.69 Å². The molecule has 3 nitrogen and oxygen atoms in total. The van der Waals surface area contributed by atoms with Crippen LogP contribution in [0, 0.1) is 5.82 Å². The van der Waals surface area contributed by atoms with Crippen molar-refractivity contribution in [1.29, 1.82) is 0 Å². The third-order valence-corrected chi connectivity index (χ3v) is 3.29. The van der Waals surface area contributed by atoms with Crippen molar-refractivity contribution in [3.05, 3.63) is 59.9 Å². The quantitative estimate of drug-likeness (QED) is 0.917. The first-order valence-electron chi connectivity index (χ1n) is 6.93. The molecular formula is C17H21FN2O. The van der Waals surface area contributed by atoms with Gasteiger partial charge >= 0.3 is 0 Å². The molecule has 0 radical (unpaired) electrons. The van der Waals surface area contributed by atoms with Crippen molar-refractivity contribution in [2.24, 2.45) is 5.73 Å². The van der Waals surface area contributed by atoms with Crippen LogP contribution in [-0.4, -0.2) is 20.1 Å². The Morgan fingerprint density at radius 1 is 1.10 bits per heavy atom. The zero-order valence-electron chi connectivity index (χ0n) is 12.6. The van der Waals surface area contributed by atoms with Gasteiger partial charge in [0, 0.05) is 37.5 Å². The minimum Gasteiger partial charge on any atom is -0.484 e. The van der Waals surface area contributed by atoms with Crippen LogP contribution in [0.3, 0.4) is 0 Å². The minimum atomic E-state index is -0.524. The van der Waals surface area contributed by atoms with E-state index in [-0.39, 0.29) is 11.9 Å². The van der Waals surface area contributed by atoms with Crippen molar-refractivity contribution >= 4 is 5.69 Å². The van der Waals surface area contributed by atoms with E-state index in [0.29, 0.717) is 11.3 Å². The molecule has 0 saturated heterocycles. The molecule has 0 amide bonds. The number of rotatable bonds is 5. The second kappa shape index (κ2) is 6.59. The fourth-order valence-electron chi connectivity index (χ4n) is 2.14. The maximum Gasteiger partial charge on any atom is 0.141 e.